The molecule has 0 atom stereocenters. The van der Waals surface area contributed by atoms with Gasteiger partial charge in [-0.05, 0) is 61.7 Å². The van der Waals surface area contributed by atoms with Gasteiger partial charge in [-0.15, -0.1) is 24.2 Å². The first-order chi connectivity index (χ1) is 16.1. The first-order valence-electron chi connectivity index (χ1n) is 11.3. The number of benzene rings is 2. The lowest BCUT2D eigenvalue weighted by Crippen LogP contribution is -2.38. The third kappa shape index (κ3) is 7.50. The summed E-state index contributed by atoms with van der Waals surface area (Å²) in [5, 5.41) is 0.745. The van der Waals surface area contributed by atoms with Gasteiger partial charge in [-0.25, -0.2) is 4.98 Å². The molecule has 0 aliphatic rings. The number of aromatic nitrogens is 1. The minimum absolute atomic E-state index is 0. The zero-order chi connectivity index (χ0) is 23.6. The normalized spacial score (nSPS) is 10.9. The summed E-state index contributed by atoms with van der Waals surface area (Å²) in [6, 6.07) is 13.9. The number of likely N-dealkylation sites (N-methyl/N-ethyl adjacent to an activating group) is 1. The highest BCUT2D eigenvalue weighted by Gasteiger charge is 2.21. The molecule has 0 spiro atoms. The van der Waals surface area contributed by atoms with Crippen LogP contribution in [-0.2, 0) is 4.79 Å². The lowest BCUT2D eigenvalue weighted by Gasteiger charge is -2.24. The van der Waals surface area contributed by atoms with E-state index in [2.05, 4.69) is 30.9 Å². The van der Waals surface area contributed by atoms with Crippen LogP contribution in [0, 0.1) is 0 Å². The molecule has 186 valence electrons. The summed E-state index contributed by atoms with van der Waals surface area (Å²) in [6.45, 7) is 7.68. The Morgan fingerprint density at radius 2 is 1.76 bits per heavy atom. The van der Waals surface area contributed by atoms with E-state index in [4.69, 9.17) is 14.5 Å². The predicted octanol–water partition coefficient (Wildman–Crippen LogP) is 5.98. The zero-order valence-corrected chi connectivity index (χ0v) is 22.7. The van der Waals surface area contributed by atoms with E-state index < -0.39 is 0 Å². The van der Waals surface area contributed by atoms with Gasteiger partial charge in [0.1, 0.15) is 17.0 Å². The molecular weight excluding hydrogens is 490 g/mol. The molecular formula is C25H34ClN3O3S2. The van der Waals surface area contributed by atoms with Crippen molar-refractivity contribution in [3.05, 3.63) is 42.5 Å². The molecule has 1 heterocycles. The van der Waals surface area contributed by atoms with Crippen molar-refractivity contribution in [2.24, 2.45) is 0 Å². The second kappa shape index (κ2) is 14.4. The topological polar surface area (TPSA) is 54.9 Å². The number of nitrogens with zero attached hydrogens (tertiary/aromatic N) is 3. The molecule has 0 saturated carbocycles. The first-order valence-corrected chi connectivity index (χ1v) is 13.1. The number of thioether (sulfide) groups is 1. The average molecular weight is 524 g/mol. The van der Waals surface area contributed by atoms with Crippen molar-refractivity contribution in [2.45, 2.75) is 31.6 Å². The summed E-state index contributed by atoms with van der Waals surface area (Å²) in [5.41, 5.74) is 0.815. The Morgan fingerprint density at radius 3 is 2.41 bits per heavy atom. The summed E-state index contributed by atoms with van der Waals surface area (Å²) >= 11 is 3.31. The SMILES string of the molecule is CCN(CC)CCN(C(=O)CCCSc1ccc(OC)cc1)c1nc2c(OC)cccc2s1.Cl. The third-order valence-corrected chi connectivity index (χ3v) is 7.66. The maximum atomic E-state index is 13.3. The van der Waals surface area contributed by atoms with Gasteiger partial charge in [-0.3, -0.25) is 9.69 Å². The largest absolute Gasteiger partial charge is 0.497 e. The summed E-state index contributed by atoms with van der Waals surface area (Å²) in [5.74, 6) is 2.60. The van der Waals surface area contributed by atoms with Gasteiger partial charge in [0.25, 0.3) is 0 Å². The van der Waals surface area contributed by atoms with Crippen molar-refractivity contribution in [3.8, 4) is 11.5 Å². The van der Waals surface area contributed by atoms with Crippen LogP contribution in [0.2, 0.25) is 0 Å². The predicted molar refractivity (Wildman–Crippen MR) is 147 cm³/mol. The molecule has 6 nitrogen and oxygen atoms in total. The van der Waals surface area contributed by atoms with Crippen LogP contribution in [0.5, 0.6) is 11.5 Å². The molecule has 0 bridgehead atoms. The van der Waals surface area contributed by atoms with Crippen LogP contribution >= 0.6 is 35.5 Å². The van der Waals surface area contributed by atoms with Crippen LogP contribution in [0.3, 0.4) is 0 Å². The quantitative estimate of drug-likeness (QED) is 0.203. The van der Waals surface area contributed by atoms with Crippen molar-refractivity contribution in [1.29, 1.82) is 0 Å². The van der Waals surface area contributed by atoms with Crippen molar-refractivity contribution < 1.29 is 14.3 Å². The van der Waals surface area contributed by atoms with Gasteiger partial charge in [0.05, 0.1) is 18.9 Å². The molecule has 0 fully saturated rings. The standard InChI is InChI=1S/C25H33N3O3S2.ClH/c1-5-27(6-2)16-17-28(25-26-24-21(31-4)9-7-10-22(24)33-25)23(29)11-8-18-32-20-14-12-19(30-3)13-15-20;/h7,9-10,12-15H,5-6,8,11,16-18H2,1-4H3;1H. The van der Waals surface area contributed by atoms with Crippen LogP contribution in [0.25, 0.3) is 10.2 Å². The molecule has 3 rings (SSSR count). The van der Waals surface area contributed by atoms with Crippen molar-refractivity contribution in [2.75, 3.05) is 51.1 Å². The fraction of sp³-hybridized carbons (Fsp3) is 0.440. The number of halogens is 1. The molecule has 0 N–H and O–H groups in total. The molecule has 1 amide bonds. The Hall–Kier alpha value is -2.00. The molecule has 9 heteroatoms. The Bertz CT molecular complexity index is 1030. The van der Waals surface area contributed by atoms with Gasteiger partial charge in [0, 0.05) is 24.4 Å². The molecule has 0 unspecified atom stereocenters. The minimum atomic E-state index is 0. The number of carbonyl (C=O) groups excluding carboxylic acids is 1. The van der Waals surface area contributed by atoms with Gasteiger partial charge in [-0.2, -0.15) is 0 Å². The van der Waals surface area contributed by atoms with Gasteiger partial charge < -0.3 is 14.4 Å². The lowest BCUT2D eigenvalue weighted by molar-refractivity contribution is -0.118. The minimum Gasteiger partial charge on any atom is -0.497 e. The average Bonchev–Trinajstić information content (AvgIpc) is 3.28. The monoisotopic (exact) mass is 523 g/mol. The number of para-hydroxylation sites is 1. The Labute approximate surface area is 217 Å². The number of carbonyl (C=O) groups is 1. The van der Waals surface area contributed by atoms with Gasteiger partial charge in [0.15, 0.2) is 5.13 Å². The number of fused-ring (bicyclic) bond motifs is 1. The van der Waals surface area contributed by atoms with Crippen LogP contribution in [0.15, 0.2) is 47.4 Å². The van der Waals surface area contributed by atoms with E-state index in [9.17, 15) is 4.79 Å². The Balaban J connectivity index is 0.00000408. The van der Waals surface area contributed by atoms with E-state index in [0.29, 0.717) is 13.0 Å². The fourth-order valence-electron chi connectivity index (χ4n) is 3.52. The highest BCUT2D eigenvalue weighted by atomic mass is 35.5. The van der Waals surface area contributed by atoms with Crippen LogP contribution in [0.4, 0.5) is 5.13 Å². The third-order valence-electron chi connectivity index (χ3n) is 5.52. The Morgan fingerprint density at radius 1 is 1.03 bits per heavy atom. The van der Waals surface area contributed by atoms with E-state index in [-0.39, 0.29) is 18.3 Å². The van der Waals surface area contributed by atoms with Gasteiger partial charge in [-0.1, -0.05) is 31.3 Å². The first kappa shape index (κ1) is 28.2. The summed E-state index contributed by atoms with van der Waals surface area (Å²) in [6.07, 6.45) is 1.31. The van der Waals surface area contributed by atoms with Gasteiger partial charge in [0.2, 0.25) is 5.91 Å². The number of thiazole rings is 1. The van der Waals surface area contributed by atoms with Gasteiger partial charge >= 0.3 is 0 Å². The van der Waals surface area contributed by atoms with Crippen LogP contribution in [0.1, 0.15) is 26.7 Å². The number of hydrogen-bond acceptors (Lipinski definition) is 7. The van der Waals surface area contributed by atoms with E-state index in [1.54, 1.807) is 37.3 Å². The summed E-state index contributed by atoms with van der Waals surface area (Å²) < 4.78 is 11.7. The number of amides is 1. The van der Waals surface area contributed by atoms with E-state index in [1.807, 2.05) is 35.2 Å². The number of ether oxygens (including phenoxy) is 2. The zero-order valence-electron chi connectivity index (χ0n) is 20.3. The van der Waals surface area contributed by atoms with E-state index in [0.717, 1.165) is 58.7 Å². The summed E-state index contributed by atoms with van der Waals surface area (Å²) in [4.78, 5) is 23.4. The molecule has 0 aliphatic carbocycles. The van der Waals surface area contributed by atoms with Crippen molar-refractivity contribution >= 4 is 56.8 Å². The molecule has 0 aliphatic heterocycles. The summed E-state index contributed by atoms with van der Waals surface area (Å²) in [7, 11) is 3.32. The van der Waals surface area contributed by atoms with Crippen molar-refractivity contribution in [3.63, 3.8) is 0 Å². The van der Waals surface area contributed by atoms with Crippen LogP contribution < -0.4 is 14.4 Å². The lowest BCUT2D eigenvalue weighted by atomic mass is 10.3. The maximum Gasteiger partial charge on any atom is 0.228 e. The van der Waals surface area contributed by atoms with E-state index >= 15 is 0 Å². The molecule has 2 aromatic carbocycles. The maximum absolute atomic E-state index is 13.3. The highest BCUT2D eigenvalue weighted by molar-refractivity contribution is 7.99. The number of rotatable bonds is 13. The smallest absolute Gasteiger partial charge is 0.228 e. The fourth-order valence-corrected chi connectivity index (χ4v) is 5.40. The number of hydrogen-bond donors (Lipinski definition) is 0. The van der Waals surface area contributed by atoms with Crippen molar-refractivity contribution in [1.82, 2.24) is 9.88 Å². The Kier molecular flexibility index (Phi) is 12.0. The number of methoxy groups -OCH3 is 2. The molecule has 0 radical (unpaired) electrons. The van der Waals surface area contributed by atoms with Crippen LogP contribution in [-0.4, -0.2) is 61.9 Å². The second-order valence-corrected chi connectivity index (χ2v) is 9.68. The second-order valence-electron chi connectivity index (χ2n) is 7.50. The number of anilines is 1. The molecule has 0 saturated heterocycles. The highest BCUT2D eigenvalue weighted by Crippen LogP contribution is 2.34. The van der Waals surface area contributed by atoms with E-state index in [1.165, 1.54) is 4.90 Å². The molecule has 3 aromatic rings. The molecule has 1 aromatic heterocycles. The molecule has 34 heavy (non-hydrogen) atoms.